The summed E-state index contributed by atoms with van der Waals surface area (Å²) < 4.78 is 24.8. The van der Waals surface area contributed by atoms with Gasteiger partial charge in [0, 0.05) is 17.4 Å². The summed E-state index contributed by atoms with van der Waals surface area (Å²) in [6, 6.07) is 11.4. The van der Waals surface area contributed by atoms with Crippen molar-refractivity contribution in [2.45, 2.75) is 26.8 Å². The van der Waals surface area contributed by atoms with Crippen molar-refractivity contribution < 1.29 is 8.42 Å². The van der Waals surface area contributed by atoms with Gasteiger partial charge in [-0.05, 0) is 56.2 Å². The van der Waals surface area contributed by atoms with E-state index in [-0.39, 0.29) is 6.04 Å². The van der Waals surface area contributed by atoms with Gasteiger partial charge in [0.25, 0.3) is 0 Å². The zero-order valence-corrected chi connectivity index (χ0v) is 14.0. The quantitative estimate of drug-likeness (QED) is 0.887. The molecule has 0 fully saturated rings. The lowest BCUT2D eigenvalue weighted by molar-refractivity contribution is 0.607. The van der Waals surface area contributed by atoms with E-state index in [0.717, 1.165) is 28.9 Å². The van der Waals surface area contributed by atoms with Gasteiger partial charge in [0.1, 0.15) is 5.82 Å². The molecule has 2 rings (SSSR count). The molecule has 5 nitrogen and oxygen atoms in total. The van der Waals surface area contributed by atoms with E-state index in [9.17, 15) is 8.42 Å². The van der Waals surface area contributed by atoms with E-state index in [1.54, 1.807) is 12.1 Å². The zero-order valence-electron chi connectivity index (χ0n) is 13.2. The van der Waals surface area contributed by atoms with Crippen molar-refractivity contribution in [1.82, 2.24) is 4.98 Å². The number of hydrogen-bond acceptors (Lipinski definition) is 4. The number of rotatable bonds is 5. The molecule has 0 saturated carbocycles. The predicted octanol–water partition coefficient (Wildman–Crippen LogP) is 3.24. The number of anilines is 2. The normalized spacial score (nSPS) is 12.7. The molecule has 22 heavy (non-hydrogen) atoms. The minimum absolute atomic E-state index is 0.0704. The number of aromatic nitrogens is 1. The summed E-state index contributed by atoms with van der Waals surface area (Å²) in [7, 11) is -3.24. The van der Waals surface area contributed by atoms with E-state index in [4.69, 9.17) is 0 Å². The molecule has 0 aliphatic heterocycles. The Kier molecular flexibility index (Phi) is 4.71. The monoisotopic (exact) mass is 319 g/mol. The summed E-state index contributed by atoms with van der Waals surface area (Å²) in [6.45, 7) is 6.04. The SMILES string of the molecule is Cc1cc(C)nc(N[C@H](C)c2ccc(NS(C)(=O)=O)cc2)c1. The molecule has 2 aromatic rings. The topological polar surface area (TPSA) is 71.1 Å². The molecule has 0 spiro atoms. The van der Waals surface area contributed by atoms with Gasteiger partial charge in [-0.15, -0.1) is 0 Å². The fraction of sp³-hybridized carbons (Fsp3) is 0.312. The molecular weight excluding hydrogens is 298 g/mol. The number of nitrogens with zero attached hydrogens (tertiary/aromatic N) is 1. The Balaban J connectivity index is 2.11. The first-order chi connectivity index (χ1) is 10.2. The molecule has 0 aliphatic rings. The highest BCUT2D eigenvalue weighted by Crippen LogP contribution is 2.21. The highest BCUT2D eigenvalue weighted by atomic mass is 32.2. The summed E-state index contributed by atoms with van der Waals surface area (Å²) in [6.07, 6.45) is 1.14. The number of pyridine rings is 1. The highest BCUT2D eigenvalue weighted by Gasteiger charge is 2.08. The number of nitrogens with one attached hydrogen (secondary N) is 2. The molecule has 1 aromatic carbocycles. The Bertz CT molecular complexity index is 735. The van der Waals surface area contributed by atoms with Gasteiger partial charge in [0.2, 0.25) is 10.0 Å². The van der Waals surface area contributed by atoms with Crippen LogP contribution in [0.1, 0.15) is 29.8 Å². The lowest BCUT2D eigenvalue weighted by Crippen LogP contribution is -2.11. The third kappa shape index (κ3) is 4.73. The van der Waals surface area contributed by atoms with Crippen LogP contribution in [-0.2, 0) is 10.0 Å². The van der Waals surface area contributed by atoms with E-state index in [2.05, 4.69) is 15.0 Å². The standard InChI is InChI=1S/C16H21N3O2S/c1-11-9-12(2)17-16(10-11)18-13(3)14-5-7-15(8-6-14)19-22(4,20)21/h5-10,13,19H,1-4H3,(H,17,18)/t13-/m1/s1. The van der Waals surface area contributed by atoms with Crippen LogP contribution in [0.2, 0.25) is 0 Å². The summed E-state index contributed by atoms with van der Waals surface area (Å²) in [5, 5.41) is 3.36. The van der Waals surface area contributed by atoms with Gasteiger partial charge in [-0.25, -0.2) is 13.4 Å². The second-order valence-electron chi connectivity index (χ2n) is 5.53. The van der Waals surface area contributed by atoms with Crippen LogP contribution in [0, 0.1) is 13.8 Å². The molecule has 0 amide bonds. The zero-order chi connectivity index (χ0) is 16.3. The van der Waals surface area contributed by atoms with E-state index in [0.29, 0.717) is 5.69 Å². The first-order valence-electron chi connectivity index (χ1n) is 7.02. The molecule has 0 radical (unpaired) electrons. The van der Waals surface area contributed by atoms with Gasteiger partial charge < -0.3 is 5.32 Å². The minimum Gasteiger partial charge on any atom is -0.364 e. The molecule has 6 heteroatoms. The minimum atomic E-state index is -3.24. The lowest BCUT2D eigenvalue weighted by atomic mass is 10.1. The van der Waals surface area contributed by atoms with Crippen LogP contribution >= 0.6 is 0 Å². The average Bonchev–Trinajstić information content (AvgIpc) is 2.36. The first kappa shape index (κ1) is 16.3. The van der Waals surface area contributed by atoms with Gasteiger partial charge in [-0.2, -0.15) is 0 Å². The Morgan fingerprint density at radius 2 is 1.73 bits per heavy atom. The van der Waals surface area contributed by atoms with Crippen LogP contribution in [0.3, 0.4) is 0 Å². The Hall–Kier alpha value is -2.08. The largest absolute Gasteiger partial charge is 0.364 e. The smallest absolute Gasteiger partial charge is 0.229 e. The summed E-state index contributed by atoms with van der Waals surface area (Å²) in [5.41, 5.74) is 3.75. The molecule has 0 saturated heterocycles. The van der Waals surface area contributed by atoms with Crippen molar-refractivity contribution in [3.05, 3.63) is 53.2 Å². The fourth-order valence-electron chi connectivity index (χ4n) is 2.27. The maximum Gasteiger partial charge on any atom is 0.229 e. The van der Waals surface area contributed by atoms with Crippen LogP contribution in [0.5, 0.6) is 0 Å². The van der Waals surface area contributed by atoms with Crippen molar-refractivity contribution >= 4 is 21.5 Å². The average molecular weight is 319 g/mol. The Morgan fingerprint density at radius 3 is 2.27 bits per heavy atom. The predicted molar refractivity (Wildman–Crippen MR) is 90.7 cm³/mol. The molecular formula is C16H21N3O2S. The molecule has 118 valence electrons. The van der Waals surface area contributed by atoms with Crippen LogP contribution in [0.15, 0.2) is 36.4 Å². The lowest BCUT2D eigenvalue weighted by Gasteiger charge is -2.16. The maximum absolute atomic E-state index is 11.2. The number of benzene rings is 1. The third-order valence-corrected chi connectivity index (χ3v) is 3.78. The summed E-state index contributed by atoms with van der Waals surface area (Å²) in [5.74, 6) is 0.836. The second-order valence-corrected chi connectivity index (χ2v) is 7.28. The Morgan fingerprint density at radius 1 is 1.09 bits per heavy atom. The van der Waals surface area contributed by atoms with Crippen molar-refractivity contribution in [2.75, 3.05) is 16.3 Å². The van der Waals surface area contributed by atoms with Crippen LogP contribution < -0.4 is 10.0 Å². The molecule has 1 heterocycles. The van der Waals surface area contributed by atoms with Gasteiger partial charge in [-0.3, -0.25) is 4.72 Å². The molecule has 0 bridgehead atoms. The summed E-state index contributed by atoms with van der Waals surface area (Å²) >= 11 is 0. The number of hydrogen-bond donors (Lipinski definition) is 2. The van der Waals surface area contributed by atoms with Crippen molar-refractivity contribution in [3.63, 3.8) is 0 Å². The molecule has 0 unspecified atom stereocenters. The van der Waals surface area contributed by atoms with Crippen LogP contribution in [0.25, 0.3) is 0 Å². The van der Waals surface area contributed by atoms with Crippen LogP contribution in [0.4, 0.5) is 11.5 Å². The van der Waals surface area contributed by atoms with Gasteiger partial charge >= 0.3 is 0 Å². The summed E-state index contributed by atoms with van der Waals surface area (Å²) in [4.78, 5) is 4.46. The third-order valence-electron chi connectivity index (χ3n) is 3.18. The van der Waals surface area contributed by atoms with E-state index in [1.807, 2.05) is 45.0 Å². The maximum atomic E-state index is 11.2. The molecule has 2 N–H and O–H groups in total. The molecule has 0 aliphatic carbocycles. The van der Waals surface area contributed by atoms with Crippen molar-refractivity contribution in [2.24, 2.45) is 0 Å². The van der Waals surface area contributed by atoms with Gasteiger partial charge in [0.05, 0.1) is 6.26 Å². The highest BCUT2D eigenvalue weighted by molar-refractivity contribution is 7.92. The van der Waals surface area contributed by atoms with E-state index < -0.39 is 10.0 Å². The molecule has 1 aromatic heterocycles. The Labute approximate surface area is 131 Å². The van der Waals surface area contributed by atoms with Gasteiger partial charge in [-0.1, -0.05) is 12.1 Å². The fourth-order valence-corrected chi connectivity index (χ4v) is 2.84. The van der Waals surface area contributed by atoms with E-state index in [1.165, 1.54) is 0 Å². The second kappa shape index (κ2) is 6.36. The number of sulfonamides is 1. The van der Waals surface area contributed by atoms with E-state index >= 15 is 0 Å². The van der Waals surface area contributed by atoms with Gasteiger partial charge in [0.15, 0.2) is 0 Å². The van der Waals surface area contributed by atoms with Crippen LogP contribution in [-0.4, -0.2) is 19.7 Å². The van der Waals surface area contributed by atoms with Crippen molar-refractivity contribution in [1.29, 1.82) is 0 Å². The number of aryl methyl sites for hydroxylation is 2. The van der Waals surface area contributed by atoms with Crippen molar-refractivity contribution in [3.8, 4) is 0 Å². The first-order valence-corrected chi connectivity index (χ1v) is 8.92. The molecule has 1 atom stereocenters.